The smallest absolute Gasteiger partial charge is 0.287 e. The Balaban J connectivity index is 1.73. The highest BCUT2D eigenvalue weighted by molar-refractivity contribution is 6.36. The van der Waals surface area contributed by atoms with Crippen molar-refractivity contribution < 1.29 is 14.7 Å². The largest absolute Gasteiger partial charge is 0.508 e. The second kappa shape index (κ2) is 7.93. The zero-order valence-electron chi connectivity index (χ0n) is 12.2. The van der Waals surface area contributed by atoms with Crippen molar-refractivity contribution in [2.24, 2.45) is 0 Å². The molecule has 0 radical (unpaired) electrons. The average Bonchev–Trinajstić information content (AvgIpc) is 2.54. The third-order valence-electron chi connectivity index (χ3n) is 3.25. The summed E-state index contributed by atoms with van der Waals surface area (Å²) in [6.07, 6.45) is 3.14. The molecule has 0 aliphatic carbocycles. The highest BCUT2D eigenvalue weighted by Gasteiger charge is 2.13. The number of nitrogens with zero attached hydrogens (tertiary/aromatic N) is 1. The molecule has 0 unspecified atom stereocenters. The van der Waals surface area contributed by atoms with Crippen LogP contribution in [0.5, 0.6) is 5.75 Å². The number of aromatic nitrogens is 1. The number of nitrogens with one attached hydrogen (secondary N) is 1. The quantitative estimate of drug-likeness (QED) is 0.766. The van der Waals surface area contributed by atoms with Crippen molar-refractivity contribution in [1.29, 1.82) is 0 Å². The Hall–Kier alpha value is -2.69. The summed E-state index contributed by atoms with van der Waals surface area (Å²) in [6, 6.07) is 12.3. The maximum absolute atomic E-state index is 11.7. The van der Waals surface area contributed by atoms with Crippen LogP contribution in [0, 0.1) is 0 Å². The van der Waals surface area contributed by atoms with Gasteiger partial charge >= 0.3 is 0 Å². The number of phenols is 1. The molecule has 2 rings (SSSR count). The summed E-state index contributed by atoms with van der Waals surface area (Å²) < 4.78 is 0. The molecule has 0 bridgehead atoms. The lowest BCUT2D eigenvalue weighted by atomic mass is 10.1. The third kappa shape index (κ3) is 4.70. The summed E-state index contributed by atoms with van der Waals surface area (Å²) in [5.74, 6) is -0.971. The Kier molecular flexibility index (Phi) is 5.65. The van der Waals surface area contributed by atoms with Gasteiger partial charge in [0.2, 0.25) is 5.78 Å². The van der Waals surface area contributed by atoms with Crippen molar-refractivity contribution in [3.05, 3.63) is 59.9 Å². The predicted molar refractivity (Wildman–Crippen MR) is 82.1 cm³/mol. The van der Waals surface area contributed by atoms with E-state index in [2.05, 4.69) is 10.3 Å². The zero-order chi connectivity index (χ0) is 15.8. The number of aromatic hydroxyl groups is 1. The fraction of sp³-hybridized carbons (Fsp3) is 0.235. The van der Waals surface area contributed by atoms with Crippen molar-refractivity contribution in [1.82, 2.24) is 10.3 Å². The van der Waals surface area contributed by atoms with Crippen LogP contribution in [0.2, 0.25) is 0 Å². The first kappa shape index (κ1) is 15.7. The van der Waals surface area contributed by atoms with Gasteiger partial charge < -0.3 is 10.4 Å². The van der Waals surface area contributed by atoms with E-state index in [1.807, 2.05) is 18.2 Å². The fourth-order valence-corrected chi connectivity index (χ4v) is 2.02. The number of rotatable bonds is 7. The van der Waals surface area contributed by atoms with Gasteiger partial charge in [0.05, 0.1) is 0 Å². The van der Waals surface area contributed by atoms with Gasteiger partial charge in [0.25, 0.3) is 5.91 Å². The normalized spacial score (nSPS) is 10.2. The molecular weight excluding hydrogens is 280 g/mol. The van der Waals surface area contributed by atoms with Crippen LogP contribution in [0.25, 0.3) is 0 Å². The van der Waals surface area contributed by atoms with E-state index in [4.69, 9.17) is 0 Å². The third-order valence-corrected chi connectivity index (χ3v) is 3.25. The molecule has 1 aromatic carbocycles. The number of benzene rings is 1. The number of amides is 1. The Bertz CT molecular complexity index is 641. The number of para-hydroxylation sites is 1. The van der Waals surface area contributed by atoms with Crippen molar-refractivity contribution in [3.8, 4) is 5.75 Å². The van der Waals surface area contributed by atoms with E-state index in [-0.39, 0.29) is 18.7 Å². The summed E-state index contributed by atoms with van der Waals surface area (Å²) >= 11 is 0. The summed E-state index contributed by atoms with van der Waals surface area (Å²) in [4.78, 5) is 27.6. The van der Waals surface area contributed by atoms with E-state index in [0.29, 0.717) is 18.4 Å². The van der Waals surface area contributed by atoms with Gasteiger partial charge in [0, 0.05) is 30.4 Å². The van der Waals surface area contributed by atoms with E-state index < -0.39 is 11.7 Å². The van der Waals surface area contributed by atoms with E-state index in [1.165, 1.54) is 6.07 Å². The lowest BCUT2D eigenvalue weighted by Crippen LogP contribution is -2.30. The molecule has 114 valence electrons. The Morgan fingerprint density at radius 3 is 2.59 bits per heavy atom. The number of hydrogen-bond donors (Lipinski definition) is 2. The summed E-state index contributed by atoms with van der Waals surface area (Å²) in [5.41, 5.74) is 1.49. The molecule has 1 amide bonds. The minimum atomic E-state index is -0.621. The van der Waals surface area contributed by atoms with Crippen molar-refractivity contribution in [2.45, 2.75) is 25.8 Å². The van der Waals surface area contributed by atoms with E-state index in [1.54, 1.807) is 24.4 Å². The Morgan fingerprint density at radius 1 is 1.09 bits per heavy atom. The molecule has 0 saturated heterocycles. The van der Waals surface area contributed by atoms with E-state index >= 15 is 0 Å². The van der Waals surface area contributed by atoms with Crippen LogP contribution in [-0.2, 0) is 22.6 Å². The van der Waals surface area contributed by atoms with Crippen LogP contribution in [0.15, 0.2) is 48.7 Å². The molecule has 2 aromatic rings. The second-order valence-electron chi connectivity index (χ2n) is 4.91. The van der Waals surface area contributed by atoms with Crippen LogP contribution in [0.4, 0.5) is 0 Å². The monoisotopic (exact) mass is 298 g/mol. The first-order chi connectivity index (χ1) is 10.7. The number of ketones is 1. The highest BCUT2D eigenvalue weighted by Crippen LogP contribution is 2.14. The Morgan fingerprint density at radius 2 is 1.86 bits per heavy atom. The minimum Gasteiger partial charge on any atom is -0.508 e. The van der Waals surface area contributed by atoms with Crippen molar-refractivity contribution in [2.75, 3.05) is 0 Å². The molecule has 22 heavy (non-hydrogen) atoms. The number of phenolic OH excluding ortho intramolecular Hbond substituents is 1. The van der Waals surface area contributed by atoms with Gasteiger partial charge in [-0.05, 0) is 31.0 Å². The molecule has 0 atom stereocenters. The fourth-order valence-electron chi connectivity index (χ4n) is 2.02. The zero-order valence-corrected chi connectivity index (χ0v) is 12.2. The number of carbonyl (C=O) groups excluding carboxylic acids is 2. The van der Waals surface area contributed by atoms with Gasteiger partial charge in [-0.25, -0.2) is 0 Å². The summed E-state index contributed by atoms with van der Waals surface area (Å²) in [5, 5.41) is 12.1. The number of Topliss-reactive ketones (excluding diaryl/α,β-unsaturated/α-hetero) is 1. The SMILES string of the molecule is O=C(CCCc1ccccn1)C(=O)NCc1ccccc1O. The molecule has 0 saturated carbocycles. The molecule has 2 N–H and O–H groups in total. The van der Waals surface area contributed by atoms with Gasteiger partial charge in [0.15, 0.2) is 0 Å². The number of pyridine rings is 1. The average molecular weight is 298 g/mol. The molecule has 0 spiro atoms. The van der Waals surface area contributed by atoms with Gasteiger partial charge in [0.1, 0.15) is 5.75 Å². The standard InChI is InChI=1S/C17H18N2O3/c20-15-9-2-1-6-13(15)12-19-17(22)16(21)10-5-8-14-7-3-4-11-18-14/h1-4,6-7,9,11,20H,5,8,10,12H2,(H,19,22). The highest BCUT2D eigenvalue weighted by atomic mass is 16.3. The van der Waals surface area contributed by atoms with Crippen LogP contribution in [0.1, 0.15) is 24.1 Å². The predicted octanol–water partition coefficient (Wildman–Crippen LogP) is 2.00. The molecule has 1 heterocycles. The van der Waals surface area contributed by atoms with Crippen LogP contribution in [-0.4, -0.2) is 21.8 Å². The topological polar surface area (TPSA) is 79.3 Å². The second-order valence-corrected chi connectivity index (χ2v) is 4.91. The lowest BCUT2D eigenvalue weighted by molar-refractivity contribution is -0.138. The van der Waals surface area contributed by atoms with Crippen molar-refractivity contribution >= 4 is 11.7 Å². The minimum absolute atomic E-state index is 0.102. The molecular formula is C17H18N2O3. The van der Waals surface area contributed by atoms with Crippen LogP contribution < -0.4 is 5.32 Å². The van der Waals surface area contributed by atoms with Gasteiger partial charge in [-0.15, -0.1) is 0 Å². The Labute approximate surface area is 129 Å². The summed E-state index contributed by atoms with van der Waals surface area (Å²) in [7, 11) is 0. The number of aryl methyl sites for hydroxylation is 1. The first-order valence-corrected chi connectivity index (χ1v) is 7.14. The van der Waals surface area contributed by atoms with Crippen LogP contribution in [0.3, 0.4) is 0 Å². The molecule has 0 aliphatic heterocycles. The molecule has 0 fully saturated rings. The molecule has 5 nitrogen and oxygen atoms in total. The van der Waals surface area contributed by atoms with Gasteiger partial charge in [-0.3, -0.25) is 14.6 Å². The maximum Gasteiger partial charge on any atom is 0.287 e. The summed E-state index contributed by atoms with van der Waals surface area (Å²) in [6.45, 7) is 0.136. The van der Waals surface area contributed by atoms with Crippen molar-refractivity contribution in [3.63, 3.8) is 0 Å². The maximum atomic E-state index is 11.7. The number of hydrogen-bond acceptors (Lipinski definition) is 4. The lowest BCUT2D eigenvalue weighted by Gasteiger charge is -2.06. The van der Waals surface area contributed by atoms with E-state index in [9.17, 15) is 14.7 Å². The number of carbonyl (C=O) groups is 2. The molecule has 1 aromatic heterocycles. The molecule has 0 aliphatic rings. The first-order valence-electron chi connectivity index (χ1n) is 7.14. The van der Waals surface area contributed by atoms with E-state index in [0.717, 1.165) is 5.69 Å². The van der Waals surface area contributed by atoms with Gasteiger partial charge in [-0.2, -0.15) is 0 Å². The van der Waals surface area contributed by atoms with Crippen LogP contribution >= 0.6 is 0 Å². The molecule has 5 heteroatoms. The van der Waals surface area contributed by atoms with Gasteiger partial charge in [-0.1, -0.05) is 24.3 Å².